The number of ether oxygens (including phenoxy) is 2. The summed E-state index contributed by atoms with van der Waals surface area (Å²) < 4.78 is 9.55. The van der Waals surface area contributed by atoms with Gasteiger partial charge in [-0.05, 0) is 12.1 Å². The summed E-state index contributed by atoms with van der Waals surface area (Å²) in [6.45, 7) is -0.364. The van der Waals surface area contributed by atoms with Gasteiger partial charge in [0.15, 0.2) is 6.61 Å². The fourth-order valence-electron chi connectivity index (χ4n) is 1.30. The second-order valence-electron chi connectivity index (χ2n) is 3.57. The average molecular weight is 280 g/mol. The van der Waals surface area contributed by atoms with Crippen LogP contribution in [0, 0.1) is 0 Å². The van der Waals surface area contributed by atoms with Crippen LogP contribution in [0.3, 0.4) is 0 Å². The van der Waals surface area contributed by atoms with Crippen LogP contribution in [0.4, 0.5) is 0 Å². The summed E-state index contributed by atoms with van der Waals surface area (Å²) in [7, 11) is 1.20. The smallest absolute Gasteiger partial charge is 0.343 e. The monoisotopic (exact) mass is 280 g/mol. The Morgan fingerprint density at radius 1 is 1.15 bits per heavy atom. The average Bonchev–Trinajstić information content (AvgIpc) is 2.42. The number of carbonyl (C=O) groups is 3. The van der Waals surface area contributed by atoms with Gasteiger partial charge in [0.1, 0.15) is 11.3 Å². The zero-order valence-corrected chi connectivity index (χ0v) is 10.5. The van der Waals surface area contributed by atoms with Gasteiger partial charge in [0.2, 0.25) is 0 Å². The highest BCUT2D eigenvalue weighted by Gasteiger charge is 2.17. The largest absolute Gasteiger partial charge is 0.481 e. The van der Waals surface area contributed by atoms with Gasteiger partial charge in [0.05, 0.1) is 7.11 Å². The minimum absolute atomic E-state index is 0.179. The van der Waals surface area contributed by atoms with Gasteiger partial charge in [-0.15, -0.1) is 0 Å². The van der Waals surface area contributed by atoms with Gasteiger partial charge in [0, 0.05) is 5.56 Å². The van der Waals surface area contributed by atoms with Gasteiger partial charge in [-0.1, -0.05) is 18.2 Å². The summed E-state index contributed by atoms with van der Waals surface area (Å²) in [5.74, 6) is -3.57. The molecular formula is C13H12O7. The van der Waals surface area contributed by atoms with Crippen molar-refractivity contribution in [3.8, 4) is 5.75 Å². The number of carboxylic acid groups (broad SMARTS) is 2. The highest BCUT2D eigenvalue weighted by molar-refractivity contribution is 6.16. The second kappa shape index (κ2) is 6.93. The number of rotatable bonds is 6. The van der Waals surface area contributed by atoms with Gasteiger partial charge in [0.25, 0.3) is 0 Å². The van der Waals surface area contributed by atoms with Crippen molar-refractivity contribution in [2.75, 3.05) is 13.7 Å². The maximum absolute atomic E-state index is 11.0. The molecule has 1 aromatic rings. The van der Waals surface area contributed by atoms with Crippen molar-refractivity contribution in [2.45, 2.75) is 0 Å². The maximum atomic E-state index is 11.0. The van der Waals surface area contributed by atoms with Crippen LogP contribution in [0.2, 0.25) is 0 Å². The first-order chi connectivity index (χ1) is 9.45. The van der Waals surface area contributed by atoms with E-state index in [4.69, 9.17) is 14.9 Å². The number of hydrogen-bond acceptors (Lipinski definition) is 5. The summed E-state index contributed by atoms with van der Waals surface area (Å²) in [4.78, 5) is 32.6. The number of carbonyl (C=O) groups excluding carboxylic acids is 1. The van der Waals surface area contributed by atoms with Crippen molar-refractivity contribution < 1.29 is 34.1 Å². The highest BCUT2D eigenvalue weighted by Crippen LogP contribution is 2.21. The van der Waals surface area contributed by atoms with Crippen LogP contribution < -0.4 is 4.74 Å². The van der Waals surface area contributed by atoms with Crippen molar-refractivity contribution in [1.82, 2.24) is 0 Å². The molecule has 0 fully saturated rings. The van der Waals surface area contributed by atoms with Crippen LogP contribution in [0.1, 0.15) is 5.56 Å². The first-order valence-corrected chi connectivity index (χ1v) is 5.42. The predicted molar refractivity (Wildman–Crippen MR) is 67.2 cm³/mol. The van der Waals surface area contributed by atoms with Crippen molar-refractivity contribution in [3.05, 3.63) is 35.4 Å². The molecule has 0 radical (unpaired) electrons. The van der Waals surface area contributed by atoms with E-state index in [2.05, 4.69) is 4.74 Å². The molecule has 0 heterocycles. The molecule has 7 nitrogen and oxygen atoms in total. The predicted octanol–water partition coefficient (Wildman–Crippen LogP) is 0.791. The molecule has 0 aliphatic carbocycles. The molecule has 0 aromatic heterocycles. The lowest BCUT2D eigenvalue weighted by atomic mass is 10.1. The number of para-hydroxylation sites is 1. The minimum Gasteiger partial charge on any atom is -0.481 e. The van der Waals surface area contributed by atoms with E-state index in [0.717, 1.165) is 6.08 Å². The molecule has 0 saturated carbocycles. The lowest BCUT2D eigenvalue weighted by Crippen LogP contribution is -2.13. The molecule has 106 valence electrons. The molecule has 0 amide bonds. The van der Waals surface area contributed by atoms with E-state index in [9.17, 15) is 14.4 Å². The van der Waals surface area contributed by atoms with Crippen LogP contribution >= 0.6 is 0 Å². The number of hydrogen-bond donors (Lipinski definition) is 2. The van der Waals surface area contributed by atoms with E-state index in [1.165, 1.54) is 19.2 Å². The second-order valence-corrected chi connectivity index (χ2v) is 3.57. The first-order valence-electron chi connectivity index (χ1n) is 5.42. The fourth-order valence-corrected chi connectivity index (χ4v) is 1.30. The normalized spacial score (nSPS) is 9.45. The van der Waals surface area contributed by atoms with Crippen molar-refractivity contribution in [2.24, 2.45) is 0 Å². The SMILES string of the molecule is COC(=O)COc1ccccc1C=C(C(=O)O)C(=O)O. The van der Waals surface area contributed by atoms with E-state index in [1.54, 1.807) is 12.1 Å². The molecule has 0 unspecified atom stereocenters. The lowest BCUT2D eigenvalue weighted by Gasteiger charge is -2.08. The fraction of sp³-hybridized carbons (Fsp3) is 0.154. The number of benzene rings is 1. The maximum Gasteiger partial charge on any atom is 0.343 e. The first kappa shape index (κ1) is 15.2. The molecule has 1 rings (SSSR count). The molecule has 0 aliphatic heterocycles. The summed E-state index contributed by atoms with van der Waals surface area (Å²) >= 11 is 0. The lowest BCUT2D eigenvalue weighted by molar-refractivity contribution is -0.143. The zero-order valence-electron chi connectivity index (χ0n) is 10.5. The van der Waals surface area contributed by atoms with E-state index in [0.29, 0.717) is 0 Å². The summed E-state index contributed by atoms with van der Waals surface area (Å²) in [6, 6.07) is 6.14. The molecule has 0 spiro atoms. The van der Waals surface area contributed by atoms with E-state index < -0.39 is 23.5 Å². The molecule has 7 heteroatoms. The Labute approximate surface area is 114 Å². The Balaban J connectivity index is 3.06. The Morgan fingerprint density at radius 2 is 1.75 bits per heavy atom. The van der Waals surface area contributed by atoms with Crippen LogP contribution in [0.5, 0.6) is 5.75 Å². The Bertz CT molecular complexity index is 544. The quantitative estimate of drug-likeness (QED) is 0.343. The molecule has 0 bridgehead atoms. The number of methoxy groups -OCH3 is 1. The van der Waals surface area contributed by atoms with Crippen LogP contribution in [-0.2, 0) is 19.1 Å². The molecular weight excluding hydrogens is 268 g/mol. The number of aliphatic carboxylic acids is 2. The molecule has 20 heavy (non-hydrogen) atoms. The van der Waals surface area contributed by atoms with E-state index in [-0.39, 0.29) is 17.9 Å². The molecule has 1 aromatic carbocycles. The topological polar surface area (TPSA) is 110 Å². The molecule has 0 saturated heterocycles. The third kappa shape index (κ3) is 4.13. The number of esters is 1. The van der Waals surface area contributed by atoms with E-state index in [1.807, 2.05) is 0 Å². The summed E-state index contributed by atoms with van der Waals surface area (Å²) in [6.07, 6.45) is 0.956. The van der Waals surface area contributed by atoms with Crippen molar-refractivity contribution >= 4 is 24.0 Å². The van der Waals surface area contributed by atoms with Crippen LogP contribution in [-0.4, -0.2) is 41.8 Å². The highest BCUT2D eigenvalue weighted by atomic mass is 16.6. The zero-order chi connectivity index (χ0) is 15.1. The summed E-state index contributed by atoms with van der Waals surface area (Å²) in [5, 5.41) is 17.6. The van der Waals surface area contributed by atoms with Crippen LogP contribution in [0.25, 0.3) is 6.08 Å². The van der Waals surface area contributed by atoms with E-state index >= 15 is 0 Å². The van der Waals surface area contributed by atoms with Gasteiger partial charge in [-0.25, -0.2) is 14.4 Å². The van der Waals surface area contributed by atoms with Crippen molar-refractivity contribution in [3.63, 3.8) is 0 Å². The Hall–Kier alpha value is -2.83. The van der Waals surface area contributed by atoms with Gasteiger partial charge >= 0.3 is 17.9 Å². The Kier molecular flexibility index (Phi) is 5.28. The van der Waals surface area contributed by atoms with Gasteiger partial charge in [-0.3, -0.25) is 0 Å². The molecule has 0 atom stereocenters. The minimum atomic E-state index is -1.57. The third-order valence-corrected chi connectivity index (χ3v) is 2.25. The third-order valence-electron chi connectivity index (χ3n) is 2.25. The van der Waals surface area contributed by atoms with Gasteiger partial charge in [-0.2, -0.15) is 0 Å². The Morgan fingerprint density at radius 3 is 2.30 bits per heavy atom. The standard InChI is InChI=1S/C13H12O7/c1-19-11(14)7-20-10-5-3-2-4-8(10)6-9(12(15)16)13(17)18/h2-6H,7H2,1H3,(H,15,16)(H,17,18). The van der Waals surface area contributed by atoms with Crippen LogP contribution in [0.15, 0.2) is 29.8 Å². The summed E-state index contributed by atoms with van der Waals surface area (Å²) in [5.41, 5.74) is -0.574. The van der Waals surface area contributed by atoms with Gasteiger partial charge < -0.3 is 19.7 Å². The molecule has 2 N–H and O–H groups in total. The molecule has 0 aliphatic rings. The number of carboxylic acids is 2. The van der Waals surface area contributed by atoms with Crippen molar-refractivity contribution in [1.29, 1.82) is 0 Å².